The van der Waals surface area contributed by atoms with Crippen LogP contribution in [0.3, 0.4) is 0 Å². The SMILES string of the molecule is O=CNc1ccc(OCC2COC(Cn3cncn3)(c3ccc(F)cc3F)C2)cc1. The normalized spacial score (nSPS) is 20.8. The van der Waals surface area contributed by atoms with Crippen LogP contribution in [-0.2, 0) is 21.7 Å². The van der Waals surface area contributed by atoms with Gasteiger partial charge in [-0.15, -0.1) is 0 Å². The largest absolute Gasteiger partial charge is 0.493 e. The molecule has 1 amide bonds. The first-order valence-corrected chi connectivity index (χ1v) is 9.43. The highest BCUT2D eigenvalue weighted by atomic mass is 19.1. The van der Waals surface area contributed by atoms with Crippen LogP contribution >= 0.6 is 0 Å². The van der Waals surface area contributed by atoms with Crippen LogP contribution in [0.2, 0.25) is 0 Å². The van der Waals surface area contributed by atoms with E-state index < -0.39 is 17.2 Å². The van der Waals surface area contributed by atoms with Crippen molar-refractivity contribution in [1.29, 1.82) is 0 Å². The van der Waals surface area contributed by atoms with Crippen molar-refractivity contribution >= 4 is 12.1 Å². The quantitative estimate of drug-likeness (QED) is 0.573. The van der Waals surface area contributed by atoms with E-state index in [9.17, 15) is 13.6 Å². The zero-order chi connectivity index (χ0) is 21.0. The van der Waals surface area contributed by atoms with E-state index in [0.29, 0.717) is 37.5 Å². The van der Waals surface area contributed by atoms with Crippen LogP contribution in [0.5, 0.6) is 5.75 Å². The molecule has 0 spiro atoms. The molecule has 2 heterocycles. The molecule has 0 radical (unpaired) electrons. The number of hydrogen-bond acceptors (Lipinski definition) is 5. The van der Waals surface area contributed by atoms with Gasteiger partial charge >= 0.3 is 0 Å². The van der Waals surface area contributed by atoms with Crippen LogP contribution in [-0.4, -0.2) is 34.4 Å². The van der Waals surface area contributed by atoms with E-state index >= 15 is 0 Å². The van der Waals surface area contributed by atoms with Crippen molar-refractivity contribution in [3.8, 4) is 5.75 Å². The second kappa shape index (κ2) is 8.58. The molecule has 3 aromatic rings. The number of ether oxygens (including phenoxy) is 2. The van der Waals surface area contributed by atoms with Crippen molar-refractivity contribution in [2.24, 2.45) is 5.92 Å². The highest BCUT2D eigenvalue weighted by Crippen LogP contribution is 2.42. The Labute approximate surface area is 171 Å². The molecular formula is C21H20F2N4O3. The Balaban J connectivity index is 1.49. The van der Waals surface area contributed by atoms with Gasteiger partial charge < -0.3 is 14.8 Å². The minimum atomic E-state index is -1.00. The number of carbonyl (C=O) groups excluding carboxylic acids is 1. The lowest BCUT2D eigenvalue weighted by Gasteiger charge is -2.29. The third-order valence-electron chi connectivity index (χ3n) is 5.09. The number of nitrogens with one attached hydrogen (secondary N) is 1. The van der Waals surface area contributed by atoms with E-state index in [4.69, 9.17) is 9.47 Å². The standard InChI is InChI=1S/C21H20F2N4O3/c22-16-1-6-19(20(23)7-16)21(11-27-13-24-12-26-27)8-15(10-30-21)9-29-18-4-2-17(3-5-18)25-14-28/h1-7,12-15H,8-11H2,(H,25,28). The van der Waals surface area contributed by atoms with Crippen LogP contribution in [0, 0.1) is 17.6 Å². The second-order valence-electron chi connectivity index (χ2n) is 7.19. The van der Waals surface area contributed by atoms with Crippen LogP contribution < -0.4 is 10.1 Å². The van der Waals surface area contributed by atoms with E-state index in [1.54, 1.807) is 28.9 Å². The molecule has 2 aromatic carbocycles. The van der Waals surface area contributed by atoms with Gasteiger partial charge in [0.25, 0.3) is 0 Å². The molecule has 2 unspecified atom stereocenters. The number of aromatic nitrogens is 3. The molecule has 1 aromatic heterocycles. The third kappa shape index (κ3) is 4.30. The number of hydrogen-bond donors (Lipinski definition) is 1. The first-order valence-electron chi connectivity index (χ1n) is 9.43. The first kappa shape index (κ1) is 20.0. The summed E-state index contributed by atoms with van der Waals surface area (Å²) in [5.74, 6) is -0.661. The average molecular weight is 414 g/mol. The fourth-order valence-corrected chi connectivity index (χ4v) is 3.72. The molecule has 1 N–H and O–H groups in total. The summed E-state index contributed by atoms with van der Waals surface area (Å²) in [5.41, 5.74) is -0.0524. The van der Waals surface area contributed by atoms with Crippen LogP contribution in [0.1, 0.15) is 12.0 Å². The van der Waals surface area contributed by atoms with Crippen LogP contribution in [0.4, 0.5) is 14.5 Å². The van der Waals surface area contributed by atoms with Crippen molar-refractivity contribution in [2.75, 3.05) is 18.5 Å². The summed E-state index contributed by atoms with van der Waals surface area (Å²) in [5, 5.41) is 6.67. The number of benzene rings is 2. The molecule has 2 atom stereocenters. The summed E-state index contributed by atoms with van der Waals surface area (Å²) < 4.78 is 41.6. The maximum Gasteiger partial charge on any atom is 0.211 e. The van der Waals surface area contributed by atoms with E-state index in [1.807, 2.05) is 0 Å². The number of amides is 1. The Morgan fingerprint density at radius 2 is 2.10 bits per heavy atom. The van der Waals surface area contributed by atoms with Gasteiger partial charge in [0.2, 0.25) is 6.41 Å². The predicted octanol–water partition coefficient (Wildman–Crippen LogP) is 3.14. The molecule has 9 heteroatoms. The summed E-state index contributed by atoms with van der Waals surface area (Å²) in [6, 6.07) is 10.5. The molecule has 7 nitrogen and oxygen atoms in total. The number of rotatable bonds is 8. The van der Waals surface area contributed by atoms with E-state index in [0.717, 1.165) is 6.07 Å². The summed E-state index contributed by atoms with van der Waals surface area (Å²) in [7, 11) is 0. The van der Waals surface area contributed by atoms with Gasteiger partial charge in [-0.2, -0.15) is 5.10 Å². The summed E-state index contributed by atoms with van der Waals surface area (Å²) >= 11 is 0. The smallest absolute Gasteiger partial charge is 0.211 e. The van der Waals surface area contributed by atoms with Gasteiger partial charge in [0.1, 0.15) is 35.6 Å². The first-order chi connectivity index (χ1) is 14.6. The van der Waals surface area contributed by atoms with Gasteiger partial charge in [-0.25, -0.2) is 18.4 Å². The second-order valence-corrected chi connectivity index (χ2v) is 7.19. The van der Waals surface area contributed by atoms with Crippen molar-refractivity contribution in [1.82, 2.24) is 14.8 Å². The third-order valence-corrected chi connectivity index (χ3v) is 5.09. The lowest BCUT2D eigenvalue weighted by Crippen LogP contribution is -2.32. The number of carbonyl (C=O) groups is 1. The fourth-order valence-electron chi connectivity index (χ4n) is 3.72. The van der Waals surface area contributed by atoms with Crippen molar-refractivity contribution in [2.45, 2.75) is 18.6 Å². The van der Waals surface area contributed by atoms with Crippen LogP contribution in [0.25, 0.3) is 0 Å². The van der Waals surface area contributed by atoms with Gasteiger partial charge in [0, 0.05) is 23.2 Å². The topological polar surface area (TPSA) is 78.3 Å². The maximum absolute atomic E-state index is 14.6. The maximum atomic E-state index is 14.6. The number of nitrogens with zero attached hydrogens (tertiary/aromatic N) is 3. The Morgan fingerprint density at radius 3 is 2.80 bits per heavy atom. The average Bonchev–Trinajstić information content (AvgIpc) is 3.38. The molecule has 1 aliphatic heterocycles. The summed E-state index contributed by atoms with van der Waals surface area (Å²) in [6.07, 6.45) is 4.01. The molecule has 1 aliphatic rings. The predicted molar refractivity (Wildman–Crippen MR) is 104 cm³/mol. The Morgan fingerprint density at radius 1 is 1.27 bits per heavy atom. The Bertz CT molecular complexity index is 998. The molecule has 30 heavy (non-hydrogen) atoms. The zero-order valence-electron chi connectivity index (χ0n) is 16.0. The van der Waals surface area contributed by atoms with Crippen molar-refractivity contribution in [3.05, 3.63) is 72.3 Å². The molecule has 0 aliphatic carbocycles. The minimum absolute atomic E-state index is 0.00856. The zero-order valence-corrected chi connectivity index (χ0v) is 16.0. The number of halogens is 2. The molecule has 156 valence electrons. The highest BCUT2D eigenvalue weighted by molar-refractivity contribution is 5.71. The van der Waals surface area contributed by atoms with Crippen LogP contribution in [0.15, 0.2) is 55.1 Å². The summed E-state index contributed by atoms with van der Waals surface area (Å²) in [6.45, 7) is 0.969. The highest BCUT2D eigenvalue weighted by Gasteiger charge is 2.44. The number of anilines is 1. The Kier molecular flexibility index (Phi) is 5.71. The Hall–Kier alpha value is -3.33. The fraction of sp³-hybridized carbons (Fsp3) is 0.286. The molecule has 4 rings (SSSR count). The lowest BCUT2D eigenvalue weighted by atomic mass is 9.87. The minimum Gasteiger partial charge on any atom is -0.493 e. The van der Waals surface area contributed by atoms with Gasteiger partial charge in [-0.3, -0.25) is 4.79 Å². The van der Waals surface area contributed by atoms with Gasteiger partial charge in [-0.05, 0) is 36.8 Å². The van der Waals surface area contributed by atoms with Crippen molar-refractivity contribution in [3.63, 3.8) is 0 Å². The molecule has 0 saturated carbocycles. The lowest BCUT2D eigenvalue weighted by molar-refractivity contribution is -0.105. The van der Waals surface area contributed by atoms with Gasteiger partial charge in [0.15, 0.2) is 0 Å². The van der Waals surface area contributed by atoms with Gasteiger partial charge in [0.05, 0.1) is 19.8 Å². The summed E-state index contributed by atoms with van der Waals surface area (Å²) in [4.78, 5) is 14.4. The van der Waals surface area contributed by atoms with E-state index in [2.05, 4.69) is 15.4 Å². The molecular weight excluding hydrogens is 394 g/mol. The molecule has 1 saturated heterocycles. The monoisotopic (exact) mass is 414 g/mol. The van der Waals surface area contributed by atoms with Gasteiger partial charge in [-0.1, -0.05) is 6.07 Å². The molecule has 1 fully saturated rings. The van der Waals surface area contributed by atoms with E-state index in [1.165, 1.54) is 24.8 Å². The van der Waals surface area contributed by atoms with E-state index in [-0.39, 0.29) is 18.0 Å². The van der Waals surface area contributed by atoms with Crippen molar-refractivity contribution < 1.29 is 23.0 Å². The molecule has 0 bridgehead atoms.